The number of nitrogens with zero attached hydrogens (tertiary/aromatic N) is 1. The average Bonchev–Trinajstić information content (AvgIpc) is 2.47. The summed E-state index contributed by atoms with van der Waals surface area (Å²) in [5.74, 6) is 0. The van der Waals surface area contributed by atoms with Gasteiger partial charge in [-0.2, -0.15) is 0 Å². The van der Waals surface area contributed by atoms with Crippen LogP contribution in [-0.2, 0) is 6.42 Å². The fourth-order valence-electron chi connectivity index (χ4n) is 2.53. The van der Waals surface area contributed by atoms with Crippen LogP contribution in [0.3, 0.4) is 0 Å². The number of benzene rings is 2. The van der Waals surface area contributed by atoms with Crippen molar-refractivity contribution in [1.29, 1.82) is 0 Å². The predicted molar refractivity (Wildman–Crippen MR) is 89.5 cm³/mol. The number of nitrogens with two attached hydrogens (primary N) is 1. The minimum Gasteiger partial charge on any atom is -0.399 e. The fourth-order valence-corrected chi connectivity index (χ4v) is 2.53. The molecule has 0 spiro atoms. The molecule has 3 N–H and O–H groups in total. The first-order chi connectivity index (χ1) is 10.2. The number of aromatic nitrogens is 1. The Morgan fingerprint density at radius 3 is 2.86 bits per heavy atom. The van der Waals surface area contributed by atoms with Crippen LogP contribution in [0.4, 0.5) is 11.4 Å². The molecule has 0 aliphatic rings. The smallest absolute Gasteiger partial charge is 0.0743 e. The molecule has 0 fully saturated rings. The van der Waals surface area contributed by atoms with Gasteiger partial charge in [-0.1, -0.05) is 29.8 Å². The molecule has 0 saturated carbocycles. The van der Waals surface area contributed by atoms with Crippen molar-refractivity contribution >= 4 is 22.3 Å². The monoisotopic (exact) mass is 277 g/mol. The number of hydrogen-bond acceptors (Lipinski definition) is 3. The topological polar surface area (TPSA) is 50.9 Å². The first-order valence-corrected chi connectivity index (χ1v) is 7.16. The molecular weight excluding hydrogens is 258 g/mol. The number of nitrogen functional groups attached to an aromatic ring is 1. The number of hydrogen-bond donors (Lipinski definition) is 2. The van der Waals surface area contributed by atoms with Crippen LogP contribution in [0.1, 0.15) is 11.1 Å². The molecule has 2 aromatic carbocycles. The van der Waals surface area contributed by atoms with Crippen LogP contribution in [0, 0.1) is 6.92 Å². The molecule has 1 heterocycles. The Morgan fingerprint density at radius 2 is 2.00 bits per heavy atom. The fraction of sp³-hybridized carbons (Fsp3) is 0.167. The van der Waals surface area contributed by atoms with Crippen molar-refractivity contribution in [3.05, 3.63) is 65.9 Å². The van der Waals surface area contributed by atoms with Crippen molar-refractivity contribution in [2.24, 2.45) is 0 Å². The van der Waals surface area contributed by atoms with Crippen molar-refractivity contribution in [3.8, 4) is 0 Å². The highest BCUT2D eigenvalue weighted by atomic mass is 14.9. The number of fused-ring (bicyclic) bond motifs is 1. The lowest BCUT2D eigenvalue weighted by Crippen LogP contribution is -2.05. The third kappa shape index (κ3) is 3.14. The van der Waals surface area contributed by atoms with Crippen LogP contribution in [0.2, 0.25) is 0 Å². The Labute approximate surface area is 124 Å². The van der Waals surface area contributed by atoms with Crippen molar-refractivity contribution in [3.63, 3.8) is 0 Å². The van der Waals surface area contributed by atoms with Crippen LogP contribution < -0.4 is 11.1 Å². The number of pyridine rings is 1. The second-order valence-corrected chi connectivity index (χ2v) is 5.30. The summed E-state index contributed by atoms with van der Waals surface area (Å²) in [4.78, 5) is 4.36. The average molecular weight is 277 g/mol. The van der Waals surface area contributed by atoms with E-state index in [0.717, 1.165) is 35.2 Å². The third-order valence-corrected chi connectivity index (χ3v) is 3.58. The minimum absolute atomic E-state index is 0.743. The quantitative estimate of drug-likeness (QED) is 0.713. The maximum absolute atomic E-state index is 5.80. The van der Waals surface area contributed by atoms with E-state index in [1.54, 1.807) is 0 Å². The van der Waals surface area contributed by atoms with Gasteiger partial charge in [0.05, 0.1) is 5.52 Å². The molecule has 0 atom stereocenters. The van der Waals surface area contributed by atoms with E-state index >= 15 is 0 Å². The first-order valence-electron chi connectivity index (χ1n) is 7.16. The van der Waals surface area contributed by atoms with Crippen molar-refractivity contribution in [2.45, 2.75) is 13.3 Å². The highest BCUT2D eigenvalue weighted by Crippen LogP contribution is 2.23. The number of rotatable bonds is 4. The zero-order chi connectivity index (χ0) is 14.7. The van der Waals surface area contributed by atoms with Gasteiger partial charge in [-0.3, -0.25) is 4.98 Å². The molecule has 3 rings (SSSR count). The number of anilines is 2. The third-order valence-electron chi connectivity index (χ3n) is 3.58. The highest BCUT2D eigenvalue weighted by molar-refractivity contribution is 5.92. The number of aryl methyl sites for hydroxylation is 1. The summed E-state index contributed by atoms with van der Waals surface area (Å²) >= 11 is 0. The van der Waals surface area contributed by atoms with E-state index in [9.17, 15) is 0 Å². The van der Waals surface area contributed by atoms with E-state index in [2.05, 4.69) is 41.5 Å². The summed E-state index contributed by atoms with van der Waals surface area (Å²) in [6.07, 6.45) is 2.82. The molecule has 0 saturated heterocycles. The molecular formula is C18H19N3. The Hall–Kier alpha value is -2.55. The van der Waals surface area contributed by atoms with Crippen LogP contribution in [0.5, 0.6) is 0 Å². The van der Waals surface area contributed by atoms with Gasteiger partial charge in [0, 0.05) is 29.5 Å². The highest BCUT2D eigenvalue weighted by Gasteiger charge is 2.02. The maximum Gasteiger partial charge on any atom is 0.0743 e. The van der Waals surface area contributed by atoms with E-state index < -0.39 is 0 Å². The van der Waals surface area contributed by atoms with E-state index in [0.29, 0.717) is 0 Å². The normalized spacial score (nSPS) is 10.7. The van der Waals surface area contributed by atoms with Crippen molar-refractivity contribution < 1.29 is 0 Å². The summed E-state index contributed by atoms with van der Waals surface area (Å²) in [5.41, 5.74) is 11.2. The van der Waals surface area contributed by atoms with Gasteiger partial charge in [-0.25, -0.2) is 0 Å². The van der Waals surface area contributed by atoms with Gasteiger partial charge in [-0.15, -0.1) is 0 Å². The molecule has 0 aliphatic heterocycles. The van der Waals surface area contributed by atoms with Crippen LogP contribution in [-0.4, -0.2) is 11.5 Å². The Bertz CT molecular complexity index is 765. The van der Waals surface area contributed by atoms with Gasteiger partial charge in [-0.05, 0) is 43.2 Å². The van der Waals surface area contributed by atoms with Gasteiger partial charge in [0.15, 0.2) is 0 Å². The van der Waals surface area contributed by atoms with E-state index in [1.807, 2.05) is 30.5 Å². The van der Waals surface area contributed by atoms with E-state index in [-0.39, 0.29) is 0 Å². The van der Waals surface area contributed by atoms with Gasteiger partial charge < -0.3 is 11.1 Å². The predicted octanol–water partition coefficient (Wildman–Crippen LogP) is 3.78. The Morgan fingerprint density at radius 1 is 1.10 bits per heavy atom. The lowest BCUT2D eigenvalue weighted by atomic mass is 10.1. The maximum atomic E-state index is 5.80. The molecule has 3 nitrogen and oxygen atoms in total. The zero-order valence-corrected chi connectivity index (χ0v) is 12.1. The van der Waals surface area contributed by atoms with Crippen molar-refractivity contribution in [1.82, 2.24) is 4.98 Å². The standard InChI is InChI=1S/C18H19N3/c1-13-3-2-4-14(11-13)7-9-20-17-8-10-21-18-12-15(19)5-6-16(17)18/h2-6,8,10-12H,7,9,19H2,1H3,(H,20,21). The van der Waals surface area contributed by atoms with Gasteiger partial charge in [0.2, 0.25) is 0 Å². The van der Waals surface area contributed by atoms with E-state index in [1.165, 1.54) is 11.1 Å². The lowest BCUT2D eigenvalue weighted by molar-refractivity contribution is 1.02. The molecule has 3 aromatic rings. The van der Waals surface area contributed by atoms with Crippen LogP contribution >= 0.6 is 0 Å². The van der Waals surface area contributed by atoms with Gasteiger partial charge in [0.1, 0.15) is 0 Å². The molecule has 1 aromatic heterocycles. The second kappa shape index (κ2) is 5.83. The number of nitrogens with one attached hydrogen (secondary N) is 1. The van der Waals surface area contributed by atoms with Gasteiger partial charge >= 0.3 is 0 Å². The Balaban J connectivity index is 1.73. The Kier molecular flexibility index (Phi) is 3.73. The zero-order valence-electron chi connectivity index (χ0n) is 12.1. The van der Waals surface area contributed by atoms with Gasteiger partial charge in [0.25, 0.3) is 0 Å². The summed E-state index contributed by atoms with van der Waals surface area (Å²) in [6.45, 7) is 3.02. The first kappa shape index (κ1) is 13.4. The van der Waals surface area contributed by atoms with Crippen LogP contribution in [0.15, 0.2) is 54.7 Å². The molecule has 0 aliphatic carbocycles. The molecule has 0 unspecified atom stereocenters. The molecule has 21 heavy (non-hydrogen) atoms. The largest absolute Gasteiger partial charge is 0.399 e. The molecule has 0 radical (unpaired) electrons. The SMILES string of the molecule is Cc1cccc(CCNc2ccnc3cc(N)ccc23)c1. The minimum atomic E-state index is 0.743. The summed E-state index contributed by atoms with van der Waals surface area (Å²) < 4.78 is 0. The van der Waals surface area contributed by atoms with E-state index in [4.69, 9.17) is 5.73 Å². The van der Waals surface area contributed by atoms with Crippen LogP contribution in [0.25, 0.3) is 10.9 Å². The second-order valence-electron chi connectivity index (χ2n) is 5.30. The summed E-state index contributed by atoms with van der Waals surface area (Å²) in [6, 6.07) is 16.5. The molecule has 3 heteroatoms. The van der Waals surface area contributed by atoms with Crippen molar-refractivity contribution in [2.75, 3.05) is 17.6 Å². The molecule has 0 amide bonds. The lowest BCUT2D eigenvalue weighted by Gasteiger charge is -2.10. The summed E-state index contributed by atoms with van der Waals surface area (Å²) in [7, 11) is 0. The molecule has 106 valence electrons. The summed E-state index contributed by atoms with van der Waals surface area (Å²) in [5, 5.41) is 4.60. The molecule has 0 bridgehead atoms.